The van der Waals surface area contributed by atoms with Crippen LogP contribution in [-0.4, -0.2) is 10.3 Å². The fourth-order valence-corrected chi connectivity index (χ4v) is 8.96. The van der Waals surface area contributed by atoms with Gasteiger partial charge in [0.15, 0.2) is 0 Å². The molecule has 0 bridgehead atoms. The molecule has 0 spiro atoms. The Hall–Kier alpha value is -0.350. The molecule has 0 saturated heterocycles. The lowest BCUT2D eigenvalue weighted by atomic mass is 9.75. The van der Waals surface area contributed by atoms with Crippen LogP contribution in [0.15, 0.2) is 12.1 Å². The summed E-state index contributed by atoms with van der Waals surface area (Å²) in [6, 6.07) is 5.13. The maximum atomic E-state index is 2.57. The summed E-state index contributed by atoms with van der Waals surface area (Å²) in [4.78, 5) is 0. The van der Waals surface area contributed by atoms with Crippen molar-refractivity contribution in [3.63, 3.8) is 0 Å². The van der Waals surface area contributed by atoms with Crippen molar-refractivity contribution < 1.29 is 0 Å². The molecule has 1 heteroatoms. The summed E-state index contributed by atoms with van der Waals surface area (Å²) in [6.45, 7) is 36.4. The fraction of sp³-hybridized carbons (Fsp3) is 0.786. The van der Waals surface area contributed by atoms with Gasteiger partial charge in [-0.2, -0.15) is 0 Å². The van der Waals surface area contributed by atoms with Crippen LogP contribution in [0.1, 0.15) is 133 Å². The van der Waals surface area contributed by atoms with Gasteiger partial charge in [0.1, 0.15) is 0 Å². The Balaban J connectivity index is 4.24. The third-order valence-electron chi connectivity index (χ3n) is 6.76. The maximum absolute atomic E-state index is 2.57. The van der Waals surface area contributed by atoms with Crippen molar-refractivity contribution in [2.75, 3.05) is 0 Å². The number of hydrogen-bond acceptors (Lipinski definition) is 0. The minimum absolute atomic E-state index is 0.130. The Kier molecular flexibility index (Phi) is 7.63. The highest BCUT2D eigenvalue weighted by Gasteiger charge is 2.44. The van der Waals surface area contributed by atoms with Gasteiger partial charge in [0.2, 0.25) is 0 Å². The molecule has 0 aliphatic rings. The van der Waals surface area contributed by atoms with E-state index in [0.29, 0.717) is 10.3 Å². The quantitative estimate of drug-likeness (QED) is 0.418. The second-order valence-electron chi connectivity index (χ2n) is 13.3. The van der Waals surface area contributed by atoms with Gasteiger partial charge in [0, 0.05) is 0 Å². The predicted molar refractivity (Wildman–Crippen MR) is 138 cm³/mol. The first-order valence-corrected chi connectivity index (χ1v) is 13.0. The van der Waals surface area contributed by atoms with E-state index in [1.807, 2.05) is 0 Å². The van der Waals surface area contributed by atoms with Crippen molar-refractivity contribution in [3.05, 3.63) is 28.8 Å². The first-order valence-electron chi connectivity index (χ1n) is 11.7. The molecule has 29 heavy (non-hydrogen) atoms. The summed E-state index contributed by atoms with van der Waals surface area (Å²) >= 11 is 0. The molecule has 0 nitrogen and oxygen atoms in total. The van der Waals surface area contributed by atoms with E-state index >= 15 is 0 Å². The van der Waals surface area contributed by atoms with E-state index in [1.54, 1.807) is 16.4 Å². The lowest BCUT2D eigenvalue weighted by Gasteiger charge is -2.49. The molecule has 0 aliphatic heterocycles. The SMILES string of the molecule is CCC(C)(C)P(c1c(C(C)(C)C)cc(C(C)(C)C)cc1C(C)(C)C)C(C)(C)CC. The molecule has 0 amide bonds. The van der Waals surface area contributed by atoms with Crippen LogP contribution in [0.2, 0.25) is 0 Å². The topological polar surface area (TPSA) is 0 Å². The molecule has 168 valence electrons. The molecule has 0 N–H and O–H groups in total. The van der Waals surface area contributed by atoms with Crippen LogP contribution in [0.5, 0.6) is 0 Å². The van der Waals surface area contributed by atoms with Crippen LogP contribution in [0.25, 0.3) is 0 Å². The van der Waals surface area contributed by atoms with Gasteiger partial charge < -0.3 is 0 Å². The molecule has 0 heterocycles. The Morgan fingerprint density at radius 3 is 1.07 bits per heavy atom. The number of benzene rings is 1. The van der Waals surface area contributed by atoms with E-state index in [0.717, 1.165) is 0 Å². The molecular weight excluding hydrogens is 367 g/mol. The van der Waals surface area contributed by atoms with Crippen molar-refractivity contribution in [1.82, 2.24) is 0 Å². The van der Waals surface area contributed by atoms with Crippen LogP contribution < -0.4 is 5.30 Å². The molecule has 0 atom stereocenters. The highest BCUT2D eigenvalue weighted by Crippen LogP contribution is 2.63. The van der Waals surface area contributed by atoms with Crippen molar-refractivity contribution in [2.24, 2.45) is 0 Å². The van der Waals surface area contributed by atoms with Gasteiger partial charge >= 0.3 is 0 Å². The largest absolute Gasteiger partial charge is 0.0645 e. The maximum Gasteiger partial charge on any atom is -0.0108 e. The Bertz CT molecular complexity index is 648. The zero-order valence-corrected chi connectivity index (χ0v) is 23.4. The zero-order chi connectivity index (χ0) is 23.2. The normalized spacial score (nSPS) is 14.6. The number of rotatable bonds is 5. The van der Waals surface area contributed by atoms with Gasteiger partial charge in [0.25, 0.3) is 0 Å². The average Bonchev–Trinajstić information content (AvgIpc) is 2.51. The van der Waals surface area contributed by atoms with Crippen molar-refractivity contribution in [3.8, 4) is 0 Å². The molecule has 0 saturated carbocycles. The van der Waals surface area contributed by atoms with Gasteiger partial charge in [-0.3, -0.25) is 0 Å². The van der Waals surface area contributed by atoms with E-state index in [1.165, 1.54) is 18.4 Å². The molecule has 0 radical (unpaired) electrons. The van der Waals surface area contributed by atoms with Crippen molar-refractivity contribution in [1.29, 1.82) is 0 Å². The molecule has 1 aromatic rings. The third-order valence-corrected chi connectivity index (χ3v) is 10.7. The van der Waals surface area contributed by atoms with E-state index in [2.05, 4.69) is 116 Å². The van der Waals surface area contributed by atoms with Crippen LogP contribution >= 0.6 is 7.92 Å². The smallest absolute Gasteiger partial charge is 0.0108 e. The summed E-state index contributed by atoms with van der Waals surface area (Å²) in [6.07, 6.45) is 2.44. The van der Waals surface area contributed by atoms with Crippen molar-refractivity contribution in [2.45, 2.75) is 143 Å². The van der Waals surface area contributed by atoms with E-state index < -0.39 is 0 Å². The predicted octanol–water partition coefficient (Wildman–Crippen LogP) is 9.06. The molecule has 1 rings (SSSR count). The van der Waals surface area contributed by atoms with E-state index in [-0.39, 0.29) is 24.2 Å². The second kappa shape index (κ2) is 8.30. The summed E-state index contributed by atoms with van der Waals surface area (Å²) in [7, 11) is -0.361. The van der Waals surface area contributed by atoms with Gasteiger partial charge in [0.05, 0.1) is 0 Å². The highest BCUT2D eigenvalue weighted by atomic mass is 31.1. The third kappa shape index (κ3) is 5.87. The molecule has 1 aromatic carbocycles. The summed E-state index contributed by atoms with van der Waals surface area (Å²) in [5, 5.41) is 2.31. The molecule has 0 unspecified atom stereocenters. The summed E-state index contributed by atoms with van der Waals surface area (Å²) in [5.41, 5.74) is 5.07. The van der Waals surface area contributed by atoms with Crippen LogP contribution in [0.3, 0.4) is 0 Å². The first-order chi connectivity index (χ1) is 12.7. The van der Waals surface area contributed by atoms with E-state index in [4.69, 9.17) is 0 Å². The average molecular weight is 419 g/mol. The Morgan fingerprint density at radius 2 is 0.862 bits per heavy atom. The Morgan fingerprint density at radius 1 is 0.552 bits per heavy atom. The summed E-state index contributed by atoms with van der Waals surface area (Å²) in [5.74, 6) is 0. The van der Waals surface area contributed by atoms with Crippen LogP contribution in [0, 0.1) is 0 Å². The van der Waals surface area contributed by atoms with Gasteiger partial charge in [-0.15, -0.1) is 0 Å². The summed E-state index contributed by atoms with van der Waals surface area (Å²) < 4.78 is 0. The minimum atomic E-state index is -0.361. The molecule has 0 fully saturated rings. The molecule has 0 aliphatic carbocycles. The monoisotopic (exact) mass is 418 g/mol. The Labute approximate surface area is 185 Å². The lowest BCUT2D eigenvalue weighted by Crippen LogP contribution is -2.41. The highest BCUT2D eigenvalue weighted by molar-refractivity contribution is 7.68. The second-order valence-corrected chi connectivity index (χ2v) is 16.9. The van der Waals surface area contributed by atoms with Gasteiger partial charge in [-0.25, -0.2) is 0 Å². The van der Waals surface area contributed by atoms with E-state index in [9.17, 15) is 0 Å². The minimum Gasteiger partial charge on any atom is -0.0645 e. The number of hydrogen-bond donors (Lipinski definition) is 0. The van der Waals surface area contributed by atoms with Gasteiger partial charge in [-0.1, -0.05) is 124 Å². The standard InChI is InChI=1S/C28H51P/c1-16-27(12,13)29(28(14,15)17-2)23-21(25(6,7)8)18-20(24(3,4)5)19-22(23)26(9,10)11/h18-19H,16-17H2,1-15H3. The van der Waals surface area contributed by atoms with Crippen LogP contribution in [-0.2, 0) is 16.2 Å². The molecule has 0 aromatic heterocycles. The first kappa shape index (κ1) is 26.7. The van der Waals surface area contributed by atoms with Crippen molar-refractivity contribution >= 4 is 13.2 Å². The fourth-order valence-electron chi connectivity index (χ4n) is 4.19. The zero-order valence-electron chi connectivity index (χ0n) is 22.5. The van der Waals surface area contributed by atoms with Gasteiger partial charge in [-0.05, 0) is 61.4 Å². The molecular formula is C28H51P. The van der Waals surface area contributed by atoms with Crippen LogP contribution in [0.4, 0.5) is 0 Å². The lowest BCUT2D eigenvalue weighted by molar-refractivity contribution is 0.551.